The number of hydrogen-bond acceptors (Lipinski definition) is 7. The number of piperazine rings is 1. The van der Waals surface area contributed by atoms with Crippen molar-refractivity contribution in [2.45, 2.75) is 31.8 Å². The Morgan fingerprint density at radius 3 is 2.63 bits per heavy atom. The largest absolute Gasteiger partial charge is 0.490 e. The molecule has 1 saturated heterocycles. The summed E-state index contributed by atoms with van der Waals surface area (Å²) in [5.41, 5.74) is 2.37. The summed E-state index contributed by atoms with van der Waals surface area (Å²) in [4.78, 5) is 27.4. The van der Waals surface area contributed by atoms with E-state index >= 15 is 0 Å². The van der Waals surface area contributed by atoms with E-state index in [2.05, 4.69) is 37.1 Å². The van der Waals surface area contributed by atoms with Crippen LogP contribution in [0, 0.1) is 5.92 Å². The van der Waals surface area contributed by atoms with Gasteiger partial charge in [0, 0.05) is 56.1 Å². The summed E-state index contributed by atoms with van der Waals surface area (Å²) in [5, 5.41) is 3.44. The molecular weight excluding hydrogens is 444 g/mol. The highest BCUT2D eigenvalue weighted by molar-refractivity contribution is 5.97. The first-order chi connectivity index (χ1) is 17.1. The van der Waals surface area contributed by atoms with Gasteiger partial charge in [0.1, 0.15) is 17.2 Å². The van der Waals surface area contributed by atoms with Crippen LogP contribution in [0.1, 0.15) is 25.7 Å². The normalized spacial score (nSPS) is 18.6. The molecule has 6 rings (SSSR count). The molecule has 1 amide bonds. The zero-order valence-corrected chi connectivity index (χ0v) is 20.5. The topological polar surface area (TPSA) is 95.6 Å². The van der Waals surface area contributed by atoms with Gasteiger partial charge in [0.15, 0.2) is 0 Å². The van der Waals surface area contributed by atoms with Crippen molar-refractivity contribution >= 4 is 23.3 Å². The lowest BCUT2D eigenvalue weighted by atomic mass is 10.1. The van der Waals surface area contributed by atoms with Crippen molar-refractivity contribution in [2.24, 2.45) is 5.92 Å². The van der Waals surface area contributed by atoms with Gasteiger partial charge in [-0.1, -0.05) is 0 Å². The minimum atomic E-state index is 0.266. The number of rotatable bonds is 8. The third-order valence-electron chi connectivity index (χ3n) is 6.71. The number of carbonyl (C=O) groups is 1. The van der Waals surface area contributed by atoms with E-state index in [4.69, 9.17) is 9.47 Å². The SMILES string of the molecule is CN1CCN(CC2CC2)CC1.COc1nccc(OC2CC2)c1-c1c[nH]c2nc(NC=O)ccc12. The van der Waals surface area contributed by atoms with Crippen molar-refractivity contribution in [3.8, 4) is 22.8 Å². The molecule has 3 aliphatic rings. The number of nitrogens with zero attached hydrogens (tertiary/aromatic N) is 4. The molecule has 186 valence electrons. The Balaban J connectivity index is 0.000000192. The fourth-order valence-electron chi connectivity index (χ4n) is 4.34. The van der Waals surface area contributed by atoms with Gasteiger partial charge in [-0.2, -0.15) is 0 Å². The van der Waals surface area contributed by atoms with Crippen LogP contribution < -0.4 is 14.8 Å². The van der Waals surface area contributed by atoms with E-state index in [1.54, 1.807) is 19.4 Å². The molecule has 3 aromatic rings. The first-order valence-electron chi connectivity index (χ1n) is 12.4. The monoisotopic (exact) mass is 478 g/mol. The molecule has 4 heterocycles. The molecule has 35 heavy (non-hydrogen) atoms. The van der Waals surface area contributed by atoms with Crippen molar-refractivity contribution < 1.29 is 14.3 Å². The molecule has 0 aromatic carbocycles. The smallest absolute Gasteiger partial charge is 0.224 e. The highest BCUT2D eigenvalue weighted by Gasteiger charge is 2.27. The molecule has 1 aliphatic heterocycles. The van der Waals surface area contributed by atoms with Crippen molar-refractivity contribution in [2.75, 3.05) is 52.2 Å². The van der Waals surface area contributed by atoms with Crippen molar-refractivity contribution in [3.05, 3.63) is 30.6 Å². The molecule has 2 aliphatic carbocycles. The maximum absolute atomic E-state index is 10.6. The third-order valence-corrected chi connectivity index (χ3v) is 6.71. The van der Waals surface area contributed by atoms with Crippen LogP contribution in [0.5, 0.6) is 11.6 Å². The van der Waals surface area contributed by atoms with Gasteiger partial charge in [0.25, 0.3) is 0 Å². The minimum absolute atomic E-state index is 0.266. The lowest BCUT2D eigenvalue weighted by molar-refractivity contribution is -0.105. The van der Waals surface area contributed by atoms with Crippen LogP contribution in [-0.4, -0.2) is 84.1 Å². The maximum atomic E-state index is 10.6. The zero-order valence-electron chi connectivity index (χ0n) is 20.5. The lowest BCUT2D eigenvalue weighted by Crippen LogP contribution is -2.45. The quantitative estimate of drug-likeness (QED) is 0.479. The second-order valence-corrected chi connectivity index (χ2v) is 9.62. The van der Waals surface area contributed by atoms with E-state index < -0.39 is 0 Å². The first kappa shape index (κ1) is 23.6. The molecule has 0 atom stereocenters. The number of H-pyrrole nitrogens is 1. The molecule has 9 heteroatoms. The van der Waals surface area contributed by atoms with E-state index in [-0.39, 0.29) is 6.10 Å². The van der Waals surface area contributed by atoms with Gasteiger partial charge in [-0.3, -0.25) is 4.79 Å². The summed E-state index contributed by atoms with van der Waals surface area (Å²) in [6.45, 7) is 6.52. The number of aromatic amines is 1. The second kappa shape index (κ2) is 10.6. The summed E-state index contributed by atoms with van der Waals surface area (Å²) in [5.74, 6) is 2.81. The Morgan fingerprint density at radius 1 is 1.14 bits per heavy atom. The highest BCUT2D eigenvalue weighted by Crippen LogP contribution is 2.42. The number of anilines is 1. The number of pyridine rings is 2. The van der Waals surface area contributed by atoms with E-state index in [0.717, 1.165) is 41.0 Å². The summed E-state index contributed by atoms with van der Waals surface area (Å²) in [7, 11) is 3.81. The Hall–Kier alpha value is -3.17. The van der Waals surface area contributed by atoms with E-state index in [1.165, 1.54) is 45.6 Å². The van der Waals surface area contributed by atoms with Gasteiger partial charge < -0.3 is 29.6 Å². The van der Waals surface area contributed by atoms with Crippen LogP contribution in [0.3, 0.4) is 0 Å². The van der Waals surface area contributed by atoms with Gasteiger partial charge in [-0.25, -0.2) is 9.97 Å². The number of hydrogen-bond donors (Lipinski definition) is 2. The van der Waals surface area contributed by atoms with Gasteiger partial charge in [0.2, 0.25) is 12.3 Å². The van der Waals surface area contributed by atoms with Gasteiger partial charge in [0.05, 0.1) is 18.8 Å². The van der Waals surface area contributed by atoms with Crippen LogP contribution in [-0.2, 0) is 4.79 Å². The number of amides is 1. The molecule has 3 aromatic heterocycles. The molecule has 0 bridgehead atoms. The van der Waals surface area contributed by atoms with Gasteiger partial charge in [-0.15, -0.1) is 0 Å². The molecular formula is C26H34N6O3. The fourth-order valence-corrected chi connectivity index (χ4v) is 4.34. The van der Waals surface area contributed by atoms with Crippen LogP contribution in [0.2, 0.25) is 0 Å². The Bertz CT molecular complexity index is 1150. The fraction of sp³-hybridized carbons (Fsp3) is 0.500. The average molecular weight is 479 g/mol. The predicted octanol–water partition coefficient (Wildman–Crippen LogP) is 3.39. The maximum Gasteiger partial charge on any atom is 0.224 e. The summed E-state index contributed by atoms with van der Waals surface area (Å²) in [6, 6.07) is 5.50. The molecule has 3 fully saturated rings. The third kappa shape index (κ3) is 5.91. The van der Waals surface area contributed by atoms with E-state index in [0.29, 0.717) is 23.8 Å². The van der Waals surface area contributed by atoms with Crippen molar-refractivity contribution in [3.63, 3.8) is 0 Å². The molecule has 0 radical (unpaired) electrons. The number of fused-ring (bicyclic) bond motifs is 1. The van der Waals surface area contributed by atoms with Crippen LogP contribution in [0.15, 0.2) is 30.6 Å². The highest BCUT2D eigenvalue weighted by atomic mass is 16.5. The van der Waals surface area contributed by atoms with Gasteiger partial charge >= 0.3 is 0 Å². The average Bonchev–Trinajstić information content (AvgIpc) is 3.81. The minimum Gasteiger partial charge on any atom is -0.490 e. The number of aromatic nitrogens is 3. The molecule has 9 nitrogen and oxygen atoms in total. The molecule has 0 unspecified atom stereocenters. The summed E-state index contributed by atoms with van der Waals surface area (Å²) < 4.78 is 11.5. The molecule has 0 spiro atoms. The second-order valence-electron chi connectivity index (χ2n) is 9.62. The zero-order chi connectivity index (χ0) is 24.2. The standard InChI is InChI=1S/C17H16N4O3.C9H18N2/c1-23-17-15(13(6-7-18-17)24-10-2-3-10)12-8-19-16-11(12)4-5-14(21-16)20-9-22;1-10-4-6-11(7-5-10)8-9-2-3-9/h4-10H,2-3H2,1H3,(H2,19,20,21,22);9H,2-8H2,1H3. The van der Waals surface area contributed by atoms with Crippen molar-refractivity contribution in [1.29, 1.82) is 0 Å². The number of nitrogens with one attached hydrogen (secondary N) is 2. The molecule has 2 N–H and O–H groups in total. The summed E-state index contributed by atoms with van der Waals surface area (Å²) in [6.07, 6.45) is 9.52. The number of likely N-dealkylation sites (N-methyl/N-ethyl adjacent to an activating group) is 1. The Morgan fingerprint density at radius 2 is 1.94 bits per heavy atom. The van der Waals surface area contributed by atoms with Crippen LogP contribution in [0.4, 0.5) is 5.82 Å². The van der Waals surface area contributed by atoms with E-state index in [1.807, 2.05) is 18.3 Å². The van der Waals surface area contributed by atoms with Crippen LogP contribution in [0.25, 0.3) is 22.2 Å². The van der Waals surface area contributed by atoms with Gasteiger partial charge in [-0.05, 0) is 56.8 Å². The van der Waals surface area contributed by atoms with Crippen molar-refractivity contribution in [1.82, 2.24) is 24.8 Å². The number of methoxy groups -OCH3 is 1. The number of carbonyl (C=O) groups excluding carboxylic acids is 1. The van der Waals surface area contributed by atoms with Crippen LogP contribution >= 0.6 is 0 Å². The first-order valence-corrected chi connectivity index (χ1v) is 12.4. The van der Waals surface area contributed by atoms with E-state index in [9.17, 15) is 4.79 Å². The lowest BCUT2D eigenvalue weighted by Gasteiger charge is -2.32. The summed E-state index contributed by atoms with van der Waals surface area (Å²) >= 11 is 0. The number of ether oxygens (including phenoxy) is 2. The Labute approximate surface area is 205 Å². The predicted molar refractivity (Wildman–Crippen MR) is 136 cm³/mol. The molecule has 2 saturated carbocycles. The Kier molecular flexibility index (Phi) is 7.15.